The Hall–Kier alpha value is -2.17. The topological polar surface area (TPSA) is 63.6 Å². The number of carbonyl (C=O) groups excluding carboxylic acids is 1. The smallest absolute Gasteiger partial charge is 0.336 e. The van der Waals surface area contributed by atoms with Gasteiger partial charge in [-0.1, -0.05) is 6.07 Å². The molecule has 0 aliphatic carbocycles. The van der Waals surface area contributed by atoms with E-state index in [0.717, 1.165) is 18.2 Å². The van der Waals surface area contributed by atoms with Crippen molar-refractivity contribution < 1.29 is 23.8 Å². The fourth-order valence-electron chi connectivity index (χ4n) is 1.11. The molecule has 0 aromatic heterocycles. The minimum Gasteiger partial charge on any atom is -0.478 e. The molecule has 0 atom stereocenters. The zero-order valence-corrected chi connectivity index (χ0v) is 8.44. The zero-order valence-electron chi connectivity index (χ0n) is 8.44. The molecule has 0 aliphatic rings. The number of methoxy groups -OCH3 is 1. The summed E-state index contributed by atoms with van der Waals surface area (Å²) in [6.07, 6.45) is 2.04. The maximum atomic E-state index is 13.3. The molecule has 5 heteroatoms. The molecule has 0 aliphatic heterocycles. The fraction of sp³-hybridized carbons (Fsp3) is 0.0909. The molecule has 16 heavy (non-hydrogen) atoms. The maximum Gasteiger partial charge on any atom is 0.336 e. The summed E-state index contributed by atoms with van der Waals surface area (Å²) in [5, 5.41) is 8.80. The third-order valence-corrected chi connectivity index (χ3v) is 1.87. The Morgan fingerprint density at radius 2 is 2.12 bits per heavy atom. The Bertz CT molecular complexity index is 451. The lowest BCUT2D eigenvalue weighted by Crippen LogP contribution is -2.02. The first-order valence-electron chi connectivity index (χ1n) is 4.34. The van der Waals surface area contributed by atoms with Gasteiger partial charge in [0.15, 0.2) is 0 Å². The van der Waals surface area contributed by atoms with Gasteiger partial charge >= 0.3 is 11.9 Å². The summed E-state index contributed by atoms with van der Waals surface area (Å²) in [5.41, 5.74) is -0.361. The van der Waals surface area contributed by atoms with Crippen LogP contribution in [0.4, 0.5) is 4.39 Å². The Labute approximate surface area is 91.0 Å². The van der Waals surface area contributed by atoms with E-state index in [1.165, 1.54) is 19.2 Å². The number of carboxylic acids is 1. The molecule has 0 radical (unpaired) electrons. The van der Waals surface area contributed by atoms with Gasteiger partial charge in [-0.25, -0.2) is 14.0 Å². The first kappa shape index (κ1) is 11.9. The molecule has 0 spiro atoms. The summed E-state index contributed by atoms with van der Waals surface area (Å²) in [5.74, 6) is -2.65. The van der Waals surface area contributed by atoms with E-state index in [9.17, 15) is 14.0 Å². The molecule has 0 heterocycles. The second-order valence-electron chi connectivity index (χ2n) is 2.86. The minimum absolute atomic E-state index is 0.152. The van der Waals surface area contributed by atoms with Gasteiger partial charge < -0.3 is 9.84 Å². The highest BCUT2D eigenvalue weighted by atomic mass is 19.1. The Morgan fingerprint density at radius 3 is 2.69 bits per heavy atom. The first-order chi connectivity index (χ1) is 7.56. The van der Waals surface area contributed by atoms with Crippen LogP contribution in [0.25, 0.3) is 6.08 Å². The highest BCUT2D eigenvalue weighted by Gasteiger charge is 2.11. The SMILES string of the molecule is COC(=O)C=Cc1c(F)cccc1C(=O)O. The van der Waals surface area contributed by atoms with Crippen molar-refractivity contribution in [2.45, 2.75) is 0 Å². The van der Waals surface area contributed by atoms with Gasteiger partial charge in [0.05, 0.1) is 12.7 Å². The number of ether oxygens (including phenoxy) is 1. The Balaban J connectivity index is 3.16. The largest absolute Gasteiger partial charge is 0.478 e. The average molecular weight is 224 g/mol. The number of aromatic carboxylic acids is 1. The molecule has 1 rings (SSSR count). The van der Waals surface area contributed by atoms with E-state index >= 15 is 0 Å². The number of hydrogen-bond donors (Lipinski definition) is 1. The summed E-state index contributed by atoms with van der Waals surface area (Å²) < 4.78 is 17.6. The summed E-state index contributed by atoms with van der Waals surface area (Å²) >= 11 is 0. The summed E-state index contributed by atoms with van der Waals surface area (Å²) in [7, 11) is 1.17. The molecule has 1 aromatic rings. The number of esters is 1. The van der Waals surface area contributed by atoms with Crippen LogP contribution in [0.15, 0.2) is 24.3 Å². The van der Waals surface area contributed by atoms with Gasteiger partial charge in [-0.2, -0.15) is 0 Å². The van der Waals surface area contributed by atoms with Gasteiger partial charge in [-0.15, -0.1) is 0 Å². The molecule has 0 bridgehead atoms. The summed E-state index contributed by atoms with van der Waals surface area (Å²) in [6.45, 7) is 0. The van der Waals surface area contributed by atoms with E-state index in [2.05, 4.69) is 4.74 Å². The van der Waals surface area contributed by atoms with Crippen molar-refractivity contribution in [3.05, 3.63) is 41.2 Å². The third-order valence-electron chi connectivity index (χ3n) is 1.87. The highest BCUT2D eigenvalue weighted by Crippen LogP contribution is 2.15. The molecule has 4 nitrogen and oxygen atoms in total. The molecule has 1 aromatic carbocycles. The molecule has 0 unspecified atom stereocenters. The van der Waals surface area contributed by atoms with Crippen molar-refractivity contribution in [1.29, 1.82) is 0 Å². The molecular formula is C11H9FO4. The van der Waals surface area contributed by atoms with Gasteiger partial charge in [0.1, 0.15) is 5.82 Å². The van der Waals surface area contributed by atoms with Crippen molar-refractivity contribution in [2.24, 2.45) is 0 Å². The normalized spacial score (nSPS) is 10.4. The predicted molar refractivity (Wildman–Crippen MR) is 54.4 cm³/mol. The van der Waals surface area contributed by atoms with Crippen molar-refractivity contribution >= 4 is 18.0 Å². The molecule has 0 saturated carbocycles. The van der Waals surface area contributed by atoms with Crippen LogP contribution in [0.2, 0.25) is 0 Å². The van der Waals surface area contributed by atoms with Gasteiger partial charge in [0.25, 0.3) is 0 Å². The molecule has 0 amide bonds. The molecular weight excluding hydrogens is 215 g/mol. The molecule has 1 N–H and O–H groups in total. The Kier molecular flexibility index (Phi) is 3.77. The van der Waals surface area contributed by atoms with Crippen LogP contribution in [-0.4, -0.2) is 24.2 Å². The number of hydrogen-bond acceptors (Lipinski definition) is 3. The van der Waals surface area contributed by atoms with Crippen LogP contribution < -0.4 is 0 Å². The number of rotatable bonds is 3. The summed E-state index contributed by atoms with van der Waals surface area (Å²) in [6, 6.07) is 3.65. The maximum absolute atomic E-state index is 13.3. The third kappa shape index (κ3) is 2.66. The zero-order chi connectivity index (χ0) is 12.1. The highest BCUT2D eigenvalue weighted by molar-refractivity contribution is 5.94. The van der Waals surface area contributed by atoms with Crippen molar-refractivity contribution in [1.82, 2.24) is 0 Å². The predicted octanol–water partition coefficient (Wildman–Crippen LogP) is 1.71. The van der Waals surface area contributed by atoms with E-state index in [4.69, 9.17) is 5.11 Å². The standard InChI is InChI=1S/C11H9FO4/c1-16-10(13)6-5-7-8(11(14)15)3-2-4-9(7)12/h2-6H,1H3,(H,14,15). The quantitative estimate of drug-likeness (QED) is 0.627. The van der Waals surface area contributed by atoms with Gasteiger partial charge in [-0.3, -0.25) is 0 Å². The van der Waals surface area contributed by atoms with Crippen molar-refractivity contribution in [2.75, 3.05) is 7.11 Å². The minimum atomic E-state index is -1.26. The number of halogens is 1. The van der Waals surface area contributed by atoms with E-state index < -0.39 is 17.8 Å². The van der Waals surface area contributed by atoms with Crippen LogP contribution in [0.3, 0.4) is 0 Å². The van der Waals surface area contributed by atoms with Gasteiger partial charge in [0.2, 0.25) is 0 Å². The molecule has 0 saturated heterocycles. The van der Waals surface area contributed by atoms with Crippen molar-refractivity contribution in [3.63, 3.8) is 0 Å². The lowest BCUT2D eigenvalue weighted by Gasteiger charge is -2.01. The lowest BCUT2D eigenvalue weighted by atomic mass is 10.1. The molecule has 84 valence electrons. The Morgan fingerprint density at radius 1 is 1.44 bits per heavy atom. The van der Waals surface area contributed by atoms with E-state index in [0.29, 0.717) is 0 Å². The van der Waals surface area contributed by atoms with Crippen LogP contribution in [-0.2, 0) is 9.53 Å². The van der Waals surface area contributed by atoms with E-state index in [-0.39, 0.29) is 11.1 Å². The van der Waals surface area contributed by atoms with Gasteiger partial charge in [0, 0.05) is 11.6 Å². The second-order valence-corrected chi connectivity index (χ2v) is 2.86. The summed E-state index contributed by atoms with van der Waals surface area (Å²) in [4.78, 5) is 21.6. The van der Waals surface area contributed by atoms with Crippen LogP contribution in [0, 0.1) is 5.82 Å². The van der Waals surface area contributed by atoms with Crippen LogP contribution >= 0.6 is 0 Å². The monoisotopic (exact) mass is 224 g/mol. The fourth-order valence-corrected chi connectivity index (χ4v) is 1.11. The van der Waals surface area contributed by atoms with E-state index in [1.807, 2.05) is 0 Å². The number of benzene rings is 1. The average Bonchev–Trinajstić information content (AvgIpc) is 2.26. The van der Waals surface area contributed by atoms with E-state index in [1.54, 1.807) is 0 Å². The lowest BCUT2D eigenvalue weighted by molar-refractivity contribution is -0.134. The van der Waals surface area contributed by atoms with Crippen LogP contribution in [0.1, 0.15) is 15.9 Å². The van der Waals surface area contributed by atoms with Crippen LogP contribution in [0.5, 0.6) is 0 Å². The number of carbonyl (C=O) groups is 2. The van der Waals surface area contributed by atoms with Crippen molar-refractivity contribution in [3.8, 4) is 0 Å². The first-order valence-corrected chi connectivity index (χ1v) is 4.34. The number of carboxylic acid groups (broad SMARTS) is 1. The van der Waals surface area contributed by atoms with Gasteiger partial charge in [-0.05, 0) is 18.2 Å². The second kappa shape index (κ2) is 5.06. The molecule has 0 fully saturated rings.